The number of ether oxygens (including phenoxy) is 1. The Kier molecular flexibility index (Phi) is 6.15. The van der Waals surface area contributed by atoms with Gasteiger partial charge in [0.2, 0.25) is 0 Å². The van der Waals surface area contributed by atoms with Gasteiger partial charge in [-0.2, -0.15) is 4.99 Å². The van der Waals surface area contributed by atoms with E-state index in [2.05, 4.69) is 28.8 Å². The molecule has 134 valence electrons. The molecule has 0 unspecified atom stereocenters. The first-order valence-electron chi connectivity index (χ1n) is 8.84. The lowest BCUT2D eigenvalue weighted by Crippen LogP contribution is -2.46. The van der Waals surface area contributed by atoms with E-state index < -0.39 is 0 Å². The summed E-state index contributed by atoms with van der Waals surface area (Å²) in [5.41, 5.74) is 0.994. The van der Waals surface area contributed by atoms with Crippen molar-refractivity contribution in [1.82, 2.24) is 9.80 Å². The van der Waals surface area contributed by atoms with Gasteiger partial charge in [0, 0.05) is 26.2 Å². The summed E-state index contributed by atoms with van der Waals surface area (Å²) in [5.74, 6) is 0.734. The van der Waals surface area contributed by atoms with Gasteiger partial charge in [-0.3, -0.25) is 4.79 Å². The average molecular weight is 359 g/mol. The molecule has 0 N–H and O–H groups in total. The number of thioether (sulfide) groups is 1. The van der Waals surface area contributed by atoms with Gasteiger partial charge in [-0.05, 0) is 49.0 Å². The Hall–Kier alpha value is -1.79. The van der Waals surface area contributed by atoms with Gasteiger partial charge in [0.05, 0.1) is 11.5 Å². The molecule has 1 saturated heterocycles. The van der Waals surface area contributed by atoms with Crippen LogP contribution in [0.3, 0.4) is 0 Å². The van der Waals surface area contributed by atoms with Gasteiger partial charge in [-0.25, -0.2) is 0 Å². The average Bonchev–Trinajstić information content (AvgIpc) is 2.98. The summed E-state index contributed by atoms with van der Waals surface area (Å²) in [5, 5.41) is 0.837. The van der Waals surface area contributed by atoms with Gasteiger partial charge in [0.1, 0.15) is 5.75 Å². The Morgan fingerprint density at radius 3 is 2.60 bits per heavy atom. The normalized spacial score (nSPS) is 20.2. The molecule has 2 heterocycles. The number of unbranched alkanes of at least 4 members (excludes halogenated alkanes) is 1. The second kappa shape index (κ2) is 8.54. The lowest BCUT2D eigenvalue weighted by atomic mass is 10.2. The first-order valence-corrected chi connectivity index (χ1v) is 9.66. The summed E-state index contributed by atoms with van der Waals surface area (Å²) < 4.78 is 5.67. The minimum absolute atomic E-state index is 0.137. The van der Waals surface area contributed by atoms with Crippen LogP contribution in [0.5, 0.6) is 5.75 Å². The molecular weight excluding hydrogens is 334 g/mol. The molecule has 0 radical (unpaired) electrons. The van der Waals surface area contributed by atoms with Gasteiger partial charge < -0.3 is 14.5 Å². The minimum atomic E-state index is -0.137. The van der Waals surface area contributed by atoms with Crippen molar-refractivity contribution in [3.8, 4) is 5.75 Å². The van der Waals surface area contributed by atoms with Gasteiger partial charge in [0.25, 0.3) is 5.91 Å². The van der Waals surface area contributed by atoms with E-state index in [1.807, 2.05) is 30.3 Å². The van der Waals surface area contributed by atoms with E-state index in [0.29, 0.717) is 4.91 Å². The van der Waals surface area contributed by atoms with Crippen LogP contribution in [0, 0.1) is 0 Å². The molecule has 0 aliphatic carbocycles. The molecule has 1 amide bonds. The van der Waals surface area contributed by atoms with Gasteiger partial charge in [0.15, 0.2) is 5.17 Å². The third kappa shape index (κ3) is 4.86. The molecule has 2 aliphatic rings. The predicted octanol–water partition coefficient (Wildman–Crippen LogP) is 3.08. The maximum atomic E-state index is 12.2. The number of hydrogen-bond acceptors (Lipinski definition) is 5. The van der Waals surface area contributed by atoms with E-state index in [1.165, 1.54) is 11.8 Å². The van der Waals surface area contributed by atoms with Crippen LogP contribution in [0.15, 0.2) is 34.2 Å². The molecule has 1 fully saturated rings. The number of amides is 1. The summed E-state index contributed by atoms with van der Waals surface area (Å²) in [4.78, 5) is 21.6. The lowest BCUT2D eigenvalue weighted by Gasteiger charge is -2.32. The van der Waals surface area contributed by atoms with Crippen LogP contribution >= 0.6 is 11.8 Å². The highest BCUT2D eigenvalue weighted by Gasteiger charge is 2.27. The summed E-state index contributed by atoms with van der Waals surface area (Å²) in [6.07, 6.45) is 4.10. The van der Waals surface area contributed by atoms with Crippen molar-refractivity contribution in [1.29, 1.82) is 0 Å². The van der Waals surface area contributed by atoms with Crippen molar-refractivity contribution < 1.29 is 9.53 Å². The summed E-state index contributed by atoms with van der Waals surface area (Å²) >= 11 is 1.48. The second-order valence-electron chi connectivity index (χ2n) is 6.37. The van der Waals surface area contributed by atoms with Crippen LogP contribution < -0.4 is 4.74 Å². The fourth-order valence-corrected chi connectivity index (χ4v) is 3.64. The zero-order valence-electron chi connectivity index (χ0n) is 14.9. The monoisotopic (exact) mass is 359 g/mol. The third-order valence-corrected chi connectivity index (χ3v) is 5.37. The number of nitrogens with zero attached hydrogens (tertiary/aromatic N) is 3. The van der Waals surface area contributed by atoms with E-state index in [0.717, 1.165) is 62.1 Å². The number of aliphatic imine (C=N–C) groups is 1. The molecule has 0 spiro atoms. The zero-order chi connectivity index (χ0) is 17.6. The number of carbonyl (C=O) groups is 1. The summed E-state index contributed by atoms with van der Waals surface area (Å²) in [6.45, 7) is 6.75. The van der Waals surface area contributed by atoms with Crippen LogP contribution in [0.2, 0.25) is 0 Å². The molecule has 1 aromatic carbocycles. The maximum absolute atomic E-state index is 12.2. The van der Waals surface area contributed by atoms with Crippen molar-refractivity contribution in [3.63, 3.8) is 0 Å². The largest absolute Gasteiger partial charge is 0.494 e. The highest BCUT2D eigenvalue weighted by molar-refractivity contribution is 8.18. The quantitative estimate of drug-likeness (QED) is 0.597. The second-order valence-corrected chi connectivity index (χ2v) is 7.38. The lowest BCUT2D eigenvalue weighted by molar-refractivity contribution is -0.113. The van der Waals surface area contributed by atoms with Gasteiger partial charge >= 0.3 is 0 Å². The topological polar surface area (TPSA) is 45.1 Å². The Bertz CT molecular complexity index is 662. The number of piperazine rings is 1. The van der Waals surface area contributed by atoms with E-state index in [1.54, 1.807) is 0 Å². The Balaban J connectivity index is 1.60. The number of rotatable bonds is 5. The van der Waals surface area contributed by atoms with Gasteiger partial charge in [-0.1, -0.05) is 25.5 Å². The molecule has 5 nitrogen and oxygen atoms in total. The van der Waals surface area contributed by atoms with E-state index in [9.17, 15) is 4.79 Å². The van der Waals surface area contributed by atoms with Crippen molar-refractivity contribution in [2.75, 3.05) is 39.8 Å². The highest BCUT2D eigenvalue weighted by atomic mass is 32.2. The molecule has 3 rings (SSSR count). The van der Waals surface area contributed by atoms with Crippen molar-refractivity contribution >= 4 is 28.9 Å². The molecule has 25 heavy (non-hydrogen) atoms. The Morgan fingerprint density at radius 2 is 1.92 bits per heavy atom. The molecule has 6 heteroatoms. The summed E-state index contributed by atoms with van der Waals surface area (Å²) in [6, 6.07) is 7.87. The van der Waals surface area contributed by atoms with Gasteiger partial charge in [-0.15, -0.1) is 0 Å². The number of likely N-dealkylation sites (N-methyl/N-ethyl adjacent to an activating group) is 1. The fraction of sp³-hybridized carbons (Fsp3) is 0.474. The maximum Gasteiger partial charge on any atom is 0.286 e. The third-order valence-electron chi connectivity index (χ3n) is 4.33. The smallest absolute Gasteiger partial charge is 0.286 e. The molecular formula is C19H25N3O2S. The molecule has 0 saturated carbocycles. The number of hydrogen-bond donors (Lipinski definition) is 0. The van der Waals surface area contributed by atoms with Crippen LogP contribution in [0.25, 0.3) is 6.08 Å². The molecule has 0 bridgehead atoms. The van der Waals surface area contributed by atoms with Crippen molar-refractivity contribution in [2.45, 2.75) is 19.8 Å². The van der Waals surface area contributed by atoms with E-state index in [4.69, 9.17) is 4.74 Å². The number of amidine groups is 1. The van der Waals surface area contributed by atoms with E-state index >= 15 is 0 Å². The first kappa shape index (κ1) is 18.0. The minimum Gasteiger partial charge on any atom is -0.494 e. The highest BCUT2D eigenvalue weighted by Crippen LogP contribution is 2.30. The zero-order valence-corrected chi connectivity index (χ0v) is 15.7. The van der Waals surface area contributed by atoms with Crippen LogP contribution in [-0.4, -0.2) is 60.7 Å². The molecule has 0 aromatic heterocycles. The standard InChI is InChI=1S/C19H25N3O2S/c1-3-4-13-24-16-7-5-15(6-8-16)14-17-18(23)20-19(25-17)22-11-9-21(2)10-12-22/h5-8,14H,3-4,9-13H2,1-2H3/b17-14+. The first-order chi connectivity index (χ1) is 12.2. The van der Waals surface area contributed by atoms with Crippen molar-refractivity contribution in [2.24, 2.45) is 4.99 Å². The predicted molar refractivity (Wildman–Crippen MR) is 104 cm³/mol. The fourth-order valence-electron chi connectivity index (χ4n) is 2.68. The molecule has 1 aromatic rings. The SMILES string of the molecule is CCCCOc1ccc(/C=C2/SC(N3CCN(C)CC3)=NC2=O)cc1. The molecule has 0 atom stereocenters. The van der Waals surface area contributed by atoms with Crippen LogP contribution in [0.4, 0.5) is 0 Å². The Morgan fingerprint density at radius 1 is 1.20 bits per heavy atom. The summed E-state index contributed by atoms with van der Waals surface area (Å²) in [7, 11) is 2.12. The van der Waals surface area contributed by atoms with E-state index in [-0.39, 0.29) is 5.91 Å². The number of benzene rings is 1. The Labute approximate surface area is 153 Å². The number of carbonyl (C=O) groups excluding carboxylic acids is 1. The van der Waals surface area contributed by atoms with Crippen LogP contribution in [-0.2, 0) is 4.79 Å². The molecule has 2 aliphatic heterocycles. The van der Waals surface area contributed by atoms with Crippen LogP contribution in [0.1, 0.15) is 25.3 Å². The van der Waals surface area contributed by atoms with Crippen molar-refractivity contribution in [3.05, 3.63) is 34.7 Å².